The van der Waals surface area contributed by atoms with Crippen LogP contribution in [-0.4, -0.2) is 28.9 Å². The molecule has 0 unspecified atom stereocenters. The lowest BCUT2D eigenvalue weighted by molar-refractivity contribution is -0.136. The van der Waals surface area contributed by atoms with E-state index >= 15 is 0 Å². The number of amides is 1. The zero-order chi connectivity index (χ0) is 12.9. The lowest BCUT2D eigenvalue weighted by atomic mass is 10.1. The van der Waals surface area contributed by atoms with Gasteiger partial charge in [0.15, 0.2) is 0 Å². The molecule has 0 aromatic heterocycles. The summed E-state index contributed by atoms with van der Waals surface area (Å²) in [5.74, 6) is -1.20. The first kappa shape index (κ1) is 14.2. The van der Waals surface area contributed by atoms with Crippen LogP contribution in [0, 0.1) is 0 Å². The first-order valence-electron chi connectivity index (χ1n) is 4.78. The van der Waals surface area contributed by atoms with E-state index in [1.165, 1.54) is 11.0 Å². The van der Waals surface area contributed by atoms with E-state index < -0.39 is 5.97 Å². The van der Waals surface area contributed by atoms with Crippen LogP contribution in [0.5, 0.6) is 0 Å². The maximum atomic E-state index is 11.7. The SMILES string of the molecule is C=CC(=C)C(=O)N(C)C(C)=C(C)CC(=O)O. The smallest absolute Gasteiger partial charge is 0.307 e. The number of carboxylic acid groups (broad SMARTS) is 1. The topological polar surface area (TPSA) is 57.6 Å². The summed E-state index contributed by atoms with van der Waals surface area (Å²) >= 11 is 0. The standard InChI is InChI=1S/C12H17NO3/c1-6-8(2)12(16)13(5)10(4)9(3)7-11(14)15/h6H,1-2,7H2,3-5H3,(H,14,15). The van der Waals surface area contributed by atoms with Gasteiger partial charge in [0.05, 0.1) is 6.42 Å². The summed E-state index contributed by atoms with van der Waals surface area (Å²) in [6, 6.07) is 0. The summed E-state index contributed by atoms with van der Waals surface area (Å²) < 4.78 is 0. The average molecular weight is 223 g/mol. The van der Waals surface area contributed by atoms with Crippen molar-refractivity contribution in [2.45, 2.75) is 20.3 Å². The van der Waals surface area contributed by atoms with Crippen LogP contribution in [0.25, 0.3) is 0 Å². The number of allylic oxidation sites excluding steroid dienone is 1. The molecule has 0 spiro atoms. The van der Waals surface area contributed by atoms with E-state index in [1.54, 1.807) is 20.9 Å². The highest BCUT2D eigenvalue weighted by molar-refractivity contribution is 5.96. The number of hydrogen-bond acceptors (Lipinski definition) is 2. The zero-order valence-electron chi connectivity index (χ0n) is 9.91. The summed E-state index contributed by atoms with van der Waals surface area (Å²) in [6.07, 6.45) is 1.29. The molecule has 0 saturated carbocycles. The normalized spacial score (nSPS) is 11.4. The monoisotopic (exact) mass is 223 g/mol. The van der Waals surface area contributed by atoms with E-state index in [1.807, 2.05) is 0 Å². The first-order valence-corrected chi connectivity index (χ1v) is 4.78. The van der Waals surface area contributed by atoms with Gasteiger partial charge >= 0.3 is 5.97 Å². The minimum Gasteiger partial charge on any atom is -0.481 e. The molecule has 0 atom stereocenters. The van der Waals surface area contributed by atoms with Crippen molar-refractivity contribution in [2.24, 2.45) is 0 Å². The fourth-order valence-corrected chi connectivity index (χ4v) is 1.10. The predicted octanol–water partition coefficient (Wildman–Crippen LogP) is 1.96. The van der Waals surface area contributed by atoms with Crippen LogP contribution < -0.4 is 0 Å². The molecule has 0 rings (SSSR count). The Hall–Kier alpha value is -1.84. The fourth-order valence-electron chi connectivity index (χ4n) is 1.10. The Balaban J connectivity index is 4.90. The molecule has 0 aromatic carbocycles. The van der Waals surface area contributed by atoms with Crippen LogP contribution in [0.15, 0.2) is 36.1 Å². The van der Waals surface area contributed by atoms with Crippen molar-refractivity contribution < 1.29 is 14.7 Å². The van der Waals surface area contributed by atoms with Crippen molar-refractivity contribution >= 4 is 11.9 Å². The van der Waals surface area contributed by atoms with Crippen molar-refractivity contribution in [3.8, 4) is 0 Å². The molecular weight excluding hydrogens is 206 g/mol. The third kappa shape index (κ3) is 3.73. The second-order valence-electron chi connectivity index (χ2n) is 3.53. The predicted molar refractivity (Wildman–Crippen MR) is 62.7 cm³/mol. The number of carboxylic acids is 1. The van der Waals surface area contributed by atoms with Crippen LogP contribution in [0.4, 0.5) is 0 Å². The highest BCUT2D eigenvalue weighted by atomic mass is 16.4. The van der Waals surface area contributed by atoms with Crippen LogP contribution in [0.3, 0.4) is 0 Å². The Morgan fingerprint density at radius 3 is 2.25 bits per heavy atom. The van der Waals surface area contributed by atoms with E-state index in [4.69, 9.17) is 5.11 Å². The van der Waals surface area contributed by atoms with Gasteiger partial charge in [-0.3, -0.25) is 9.59 Å². The molecule has 0 fully saturated rings. The van der Waals surface area contributed by atoms with Crippen molar-refractivity contribution in [1.29, 1.82) is 0 Å². The lowest BCUT2D eigenvalue weighted by Gasteiger charge is -2.20. The summed E-state index contributed by atoms with van der Waals surface area (Å²) in [5.41, 5.74) is 1.54. The molecule has 0 aromatic rings. The Bertz CT molecular complexity index is 366. The minimum absolute atomic E-state index is 0.0793. The molecule has 0 aliphatic carbocycles. The van der Waals surface area contributed by atoms with E-state index in [2.05, 4.69) is 13.2 Å². The van der Waals surface area contributed by atoms with Crippen molar-refractivity contribution in [2.75, 3.05) is 7.05 Å². The molecule has 0 heterocycles. The van der Waals surface area contributed by atoms with Crippen molar-refractivity contribution in [3.05, 3.63) is 36.1 Å². The van der Waals surface area contributed by atoms with Gasteiger partial charge in [-0.05, 0) is 19.4 Å². The van der Waals surface area contributed by atoms with E-state index in [9.17, 15) is 9.59 Å². The number of aliphatic carboxylic acids is 1. The zero-order valence-corrected chi connectivity index (χ0v) is 9.91. The van der Waals surface area contributed by atoms with Crippen LogP contribution in [-0.2, 0) is 9.59 Å². The van der Waals surface area contributed by atoms with Crippen LogP contribution in [0.1, 0.15) is 20.3 Å². The average Bonchev–Trinajstić information content (AvgIpc) is 2.23. The van der Waals surface area contributed by atoms with Gasteiger partial charge in [-0.15, -0.1) is 0 Å². The number of likely N-dealkylation sites (N-methyl/N-ethyl adjacent to an activating group) is 1. The maximum Gasteiger partial charge on any atom is 0.307 e. The highest BCUT2D eigenvalue weighted by Crippen LogP contribution is 2.13. The molecule has 4 heteroatoms. The number of carbonyl (C=O) groups excluding carboxylic acids is 1. The van der Waals surface area contributed by atoms with E-state index in [0.717, 1.165) is 0 Å². The number of carbonyl (C=O) groups is 2. The quantitative estimate of drug-likeness (QED) is 0.572. The van der Waals surface area contributed by atoms with Gasteiger partial charge in [0.1, 0.15) is 0 Å². The summed E-state index contributed by atoms with van der Waals surface area (Å²) in [4.78, 5) is 23.6. The number of rotatable bonds is 5. The summed E-state index contributed by atoms with van der Waals surface area (Å²) in [7, 11) is 1.58. The van der Waals surface area contributed by atoms with Crippen LogP contribution >= 0.6 is 0 Å². The van der Waals surface area contributed by atoms with Gasteiger partial charge in [0, 0.05) is 18.3 Å². The molecule has 0 bridgehead atoms. The highest BCUT2D eigenvalue weighted by Gasteiger charge is 2.14. The molecule has 16 heavy (non-hydrogen) atoms. The molecule has 0 aliphatic rings. The second kappa shape index (κ2) is 5.90. The van der Waals surface area contributed by atoms with Gasteiger partial charge in [-0.25, -0.2) is 0 Å². The molecular formula is C12H17NO3. The second-order valence-corrected chi connectivity index (χ2v) is 3.53. The molecule has 88 valence electrons. The van der Waals surface area contributed by atoms with Crippen molar-refractivity contribution in [1.82, 2.24) is 4.90 Å². The van der Waals surface area contributed by atoms with E-state index in [-0.39, 0.29) is 17.9 Å². The van der Waals surface area contributed by atoms with Gasteiger partial charge in [-0.1, -0.05) is 19.2 Å². The van der Waals surface area contributed by atoms with Gasteiger partial charge in [0.25, 0.3) is 5.91 Å². The third-order valence-corrected chi connectivity index (χ3v) is 2.36. The minimum atomic E-state index is -0.916. The fraction of sp³-hybridized carbons (Fsp3) is 0.333. The third-order valence-electron chi connectivity index (χ3n) is 2.36. The molecule has 0 aliphatic heterocycles. The Morgan fingerprint density at radius 2 is 1.88 bits per heavy atom. The Labute approximate surface area is 95.6 Å². The van der Waals surface area contributed by atoms with Crippen LogP contribution in [0.2, 0.25) is 0 Å². The molecule has 1 N–H and O–H groups in total. The Morgan fingerprint density at radius 1 is 1.38 bits per heavy atom. The summed E-state index contributed by atoms with van der Waals surface area (Å²) in [6.45, 7) is 10.4. The molecule has 1 amide bonds. The van der Waals surface area contributed by atoms with Gasteiger partial charge in [-0.2, -0.15) is 0 Å². The maximum absolute atomic E-state index is 11.7. The largest absolute Gasteiger partial charge is 0.481 e. The lowest BCUT2D eigenvalue weighted by Crippen LogP contribution is -2.26. The van der Waals surface area contributed by atoms with Crippen molar-refractivity contribution in [3.63, 3.8) is 0 Å². The molecule has 0 radical (unpaired) electrons. The first-order chi connectivity index (χ1) is 7.31. The number of nitrogens with zero attached hydrogens (tertiary/aromatic N) is 1. The molecule has 0 saturated heterocycles. The van der Waals surface area contributed by atoms with Gasteiger partial charge in [0.2, 0.25) is 0 Å². The Kier molecular flexibility index (Phi) is 5.22. The van der Waals surface area contributed by atoms with Gasteiger partial charge < -0.3 is 10.0 Å². The van der Waals surface area contributed by atoms with E-state index in [0.29, 0.717) is 11.3 Å². The molecule has 4 nitrogen and oxygen atoms in total. The number of hydrogen-bond donors (Lipinski definition) is 1. The summed E-state index contributed by atoms with van der Waals surface area (Å²) in [5, 5.41) is 8.64.